The van der Waals surface area contributed by atoms with E-state index in [2.05, 4.69) is 22.1 Å². The van der Waals surface area contributed by atoms with Gasteiger partial charge in [-0.1, -0.05) is 53.8 Å². The lowest BCUT2D eigenvalue weighted by Crippen LogP contribution is -2.38. The number of para-hydroxylation sites is 1. The first-order valence-electron chi connectivity index (χ1n) is 10.7. The summed E-state index contributed by atoms with van der Waals surface area (Å²) in [6, 6.07) is 22.9. The van der Waals surface area contributed by atoms with Gasteiger partial charge in [0, 0.05) is 34.9 Å². The lowest BCUT2D eigenvalue weighted by Gasteiger charge is -2.31. The van der Waals surface area contributed by atoms with Crippen molar-refractivity contribution >= 4 is 23.2 Å². The maximum atomic E-state index is 12.6. The fourth-order valence-electron chi connectivity index (χ4n) is 3.63. The van der Waals surface area contributed by atoms with Crippen molar-refractivity contribution in [2.45, 2.75) is 13.0 Å². The fourth-order valence-corrected chi connectivity index (χ4v) is 3.76. The summed E-state index contributed by atoms with van der Waals surface area (Å²) in [7, 11) is 0. The third-order valence-corrected chi connectivity index (χ3v) is 5.74. The van der Waals surface area contributed by atoms with Gasteiger partial charge in [0.05, 0.1) is 19.3 Å². The van der Waals surface area contributed by atoms with Crippen LogP contribution in [0.4, 0.5) is 5.69 Å². The third-order valence-electron chi connectivity index (χ3n) is 5.49. The SMILES string of the molecule is Cc1ccccc1NC(=O)c1ccc(C#CC(c2ccc(Cl)cc2)N2CCOCC2)cc1. The number of carbonyl (C=O) groups is 1. The molecule has 1 fully saturated rings. The number of hydrogen-bond acceptors (Lipinski definition) is 3. The number of rotatable bonds is 4. The zero-order valence-corrected chi connectivity index (χ0v) is 18.7. The minimum absolute atomic E-state index is 0.0415. The summed E-state index contributed by atoms with van der Waals surface area (Å²) in [4.78, 5) is 14.9. The lowest BCUT2D eigenvalue weighted by molar-refractivity contribution is 0.0270. The number of nitrogens with one attached hydrogen (secondary N) is 1. The van der Waals surface area contributed by atoms with E-state index in [1.165, 1.54) is 0 Å². The Labute approximate surface area is 194 Å². The van der Waals surface area contributed by atoms with Crippen molar-refractivity contribution in [3.63, 3.8) is 0 Å². The quantitative estimate of drug-likeness (QED) is 0.553. The van der Waals surface area contributed by atoms with Gasteiger partial charge < -0.3 is 10.1 Å². The summed E-state index contributed by atoms with van der Waals surface area (Å²) >= 11 is 6.07. The average molecular weight is 445 g/mol. The largest absolute Gasteiger partial charge is 0.379 e. The molecule has 1 heterocycles. The number of morpholine rings is 1. The summed E-state index contributed by atoms with van der Waals surface area (Å²) in [5.74, 6) is 6.56. The first kappa shape index (κ1) is 22.1. The van der Waals surface area contributed by atoms with E-state index in [-0.39, 0.29) is 11.9 Å². The van der Waals surface area contributed by atoms with E-state index >= 15 is 0 Å². The number of hydrogen-bond donors (Lipinski definition) is 1. The minimum atomic E-state index is -0.133. The van der Waals surface area contributed by atoms with Gasteiger partial charge in [-0.3, -0.25) is 9.69 Å². The molecule has 0 aromatic heterocycles. The highest BCUT2D eigenvalue weighted by atomic mass is 35.5. The number of halogens is 1. The second-order valence-electron chi connectivity index (χ2n) is 7.72. The topological polar surface area (TPSA) is 41.6 Å². The van der Waals surface area contributed by atoms with Gasteiger partial charge in [0.1, 0.15) is 0 Å². The van der Waals surface area contributed by atoms with Crippen LogP contribution in [0.1, 0.15) is 33.1 Å². The first-order chi connectivity index (χ1) is 15.6. The van der Waals surface area contributed by atoms with Crippen LogP contribution in [0.2, 0.25) is 5.02 Å². The van der Waals surface area contributed by atoms with Gasteiger partial charge in [-0.25, -0.2) is 0 Å². The zero-order chi connectivity index (χ0) is 22.3. The molecule has 0 radical (unpaired) electrons. The van der Waals surface area contributed by atoms with E-state index < -0.39 is 0 Å². The Hall–Kier alpha value is -3.10. The van der Waals surface area contributed by atoms with Gasteiger partial charge in [0.15, 0.2) is 0 Å². The second-order valence-corrected chi connectivity index (χ2v) is 8.15. The number of carbonyl (C=O) groups excluding carboxylic acids is 1. The van der Waals surface area contributed by atoms with E-state index in [4.69, 9.17) is 16.3 Å². The minimum Gasteiger partial charge on any atom is -0.379 e. The van der Waals surface area contributed by atoms with Crippen LogP contribution >= 0.6 is 11.6 Å². The first-order valence-corrected chi connectivity index (χ1v) is 11.0. The molecule has 3 aromatic rings. The van der Waals surface area contributed by atoms with Gasteiger partial charge in [0.25, 0.3) is 5.91 Å². The van der Waals surface area contributed by atoms with Crippen LogP contribution in [0.5, 0.6) is 0 Å². The van der Waals surface area contributed by atoms with Gasteiger partial charge in [-0.05, 0) is 60.5 Å². The fraction of sp³-hybridized carbons (Fsp3) is 0.222. The van der Waals surface area contributed by atoms with Gasteiger partial charge >= 0.3 is 0 Å². The van der Waals surface area contributed by atoms with Crippen LogP contribution in [0.25, 0.3) is 0 Å². The Morgan fingerprint density at radius 3 is 2.38 bits per heavy atom. The van der Waals surface area contributed by atoms with Crippen LogP contribution < -0.4 is 5.32 Å². The Balaban J connectivity index is 1.51. The number of aryl methyl sites for hydroxylation is 1. The highest BCUT2D eigenvalue weighted by molar-refractivity contribution is 6.30. The third kappa shape index (κ3) is 5.57. The molecule has 3 aromatic carbocycles. The molecule has 32 heavy (non-hydrogen) atoms. The molecular formula is C27H25ClN2O2. The summed E-state index contributed by atoms with van der Waals surface area (Å²) in [6.07, 6.45) is 0. The smallest absolute Gasteiger partial charge is 0.255 e. The van der Waals surface area contributed by atoms with E-state index in [9.17, 15) is 4.79 Å². The highest BCUT2D eigenvalue weighted by Crippen LogP contribution is 2.23. The average Bonchev–Trinajstić information content (AvgIpc) is 2.83. The number of ether oxygens (including phenoxy) is 1. The molecule has 1 saturated heterocycles. The van der Waals surface area contributed by atoms with E-state index in [1.807, 2.05) is 79.7 Å². The Morgan fingerprint density at radius 1 is 1.00 bits per heavy atom. The molecule has 0 saturated carbocycles. The van der Waals surface area contributed by atoms with Crippen LogP contribution in [0.15, 0.2) is 72.8 Å². The molecule has 1 amide bonds. The maximum Gasteiger partial charge on any atom is 0.255 e. The lowest BCUT2D eigenvalue weighted by atomic mass is 10.0. The number of benzene rings is 3. The van der Waals surface area contributed by atoms with Crippen molar-refractivity contribution in [3.05, 3.63) is 100 Å². The van der Waals surface area contributed by atoms with Gasteiger partial charge in [-0.15, -0.1) is 0 Å². The molecule has 1 atom stereocenters. The molecule has 0 aliphatic carbocycles. The number of amides is 1. The summed E-state index contributed by atoms with van der Waals surface area (Å²) in [5.41, 5.74) is 4.42. The molecule has 5 heteroatoms. The molecule has 162 valence electrons. The molecule has 1 aliphatic rings. The van der Waals surface area contributed by atoms with Crippen LogP contribution in [0.3, 0.4) is 0 Å². The normalized spacial score (nSPS) is 14.8. The van der Waals surface area contributed by atoms with Crippen LogP contribution in [-0.4, -0.2) is 37.1 Å². The van der Waals surface area contributed by atoms with Gasteiger partial charge in [-0.2, -0.15) is 0 Å². The van der Waals surface area contributed by atoms with E-state index in [0.29, 0.717) is 23.8 Å². The predicted molar refractivity (Wildman–Crippen MR) is 129 cm³/mol. The molecule has 0 bridgehead atoms. The zero-order valence-electron chi connectivity index (χ0n) is 18.0. The Kier molecular flexibility index (Phi) is 7.24. The van der Waals surface area contributed by atoms with E-state index in [1.54, 1.807) is 0 Å². The van der Waals surface area contributed by atoms with Crippen molar-refractivity contribution < 1.29 is 9.53 Å². The summed E-state index contributed by atoms with van der Waals surface area (Å²) in [5, 5.41) is 3.67. The molecule has 1 aliphatic heterocycles. The number of anilines is 1. The van der Waals surface area contributed by atoms with Gasteiger partial charge in [0.2, 0.25) is 0 Å². The standard InChI is InChI=1S/C27H25ClN2O2/c1-20-4-2-3-5-25(20)29-27(31)23-9-6-21(7-10-23)8-15-26(30-16-18-32-19-17-30)22-11-13-24(28)14-12-22/h2-7,9-14,26H,16-19H2,1H3,(H,29,31). The van der Waals surface area contributed by atoms with Crippen molar-refractivity contribution in [1.82, 2.24) is 4.90 Å². The van der Waals surface area contributed by atoms with Crippen molar-refractivity contribution in [3.8, 4) is 11.8 Å². The van der Waals surface area contributed by atoms with Crippen molar-refractivity contribution in [2.24, 2.45) is 0 Å². The molecular weight excluding hydrogens is 420 g/mol. The highest BCUT2D eigenvalue weighted by Gasteiger charge is 2.20. The molecule has 1 N–H and O–H groups in total. The number of nitrogens with zero attached hydrogens (tertiary/aromatic N) is 1. The van der Waals surface area contributed by atoms with Crippen LogP contribution in [-0.2, 0) is 4.74 Å². The molecule has 1 unspecified atom stereocenters. The predicted octanol–water partition coefficient (Wildman–Crippen LogP) is 5.33. The molecule has 4 nitrogen and oxygen atoms in total. The van der Waals surface area contributed by atoms with E-state index in [0.717, 1.165) is 35.5 Å². The molecule has 0 spiro atoms. The van der Waals surface area contributed by atoms with Crippen LogP contribution in [0, 0.1) is 18.8 Å². The van der Waals surface area contributed by atoms with Crippen molar-refractivity contribution in [2.75, 3.05) is 31.6 Å². The second kappa shape index (κ2) is 10.5. The summed E-state index contributed by atoms with van der Waals surface area (Å²) in [6.45, 7) is 5.05. The monoisotopic (exact) mass is 444 g/mol. The summed E-state index contributed by atoms with van der Waals surface area (Å²) < 4.78 is 5.50. The van der Waals surface area contributed by atoms with Crippen molar-refractivity contribution in [1.29, 1.82) is 0 Å². The Bertz CT molecular complexity index is 1120. The maximum absolute atomic E-state index is 12.6. The Morgan fingerprint density at radius 2 is 1.69 bits per heavy atom. The molecule has 4 rings (SSSR count).